The summed E-state index contributed by atoms with van der Waals surface area (Å²) >= 11 is 0. The zero-order chi connectivity index (χ0) is 20.1. The number of imidazole rings is 1. The molecule has 0 aliphatic carbocycles. The van der Waals surface area contributed by atoms with Gasteiger partial charge >= 0.3 is 5.97 Å². The number of esters is 1. The topological polar surface area (TPSA) is 90.3 Å². The third-order valence-electron chi connectivity index (χ3n) is 4.20. The molecule has 8 heteroatoms. The molecule has 0 radical (unpaired) electrons. The van der Waals surface area contributed by atoms with Crippen LogP contribution in [0.3, 0.4) is 0 Å². The van der Waals surface area contributed by atoms with Crippen LogP contribution in [0, 0.1) is 0 Å². The molecule has 3 rings (SSSR count). The van der Waals surface area contributed by atoms with Gasteiger partial charge in [0, 0.05) is 19.4 Å². The Morgan fingerprint density at radius 3 is 2.39 bits per heavy atom. The SMILES string of the molecule is CCOC(=O)c1ccc(S(=O)(=O)N[C@H](c2ccccc2)c2nccn2C)cc1. The first-order valence-electron chi connectivity index (χ1n) is 8.74. The summed E-state index contributed by atoms with van der Waals surface area (Å²) in [7, 11) is -2.05. The van der Waals surface area contributed by atoms with E-state index in [1.807, 2.05) is 30.3 Å². The summed E-state index contributed by atoms with van der Waals surface area (Å²) in [6, 6.07) is 14.2. The van der Waals surface area contributed by atoms with Crippen molar-refractivity contribution in [1.82, 2.24) is 14.3 Å². The molecular formula is C20H21N3O4S. The van der Waals surface area contributed by atoms with Gasteiger partial charge in [-0.05, 0) is 36.8 Å². The quantitative estimate of drug-likeness (QED) is 0.617. The van der Waals surface area contributed by atoms with E-state index in [-0.39, 0.29) is 11.5 Å². The molecule has 1 N–H and O–H groups in total. The van der Waals surface area contributed by atoms with Gasteiger partial charge < -0.3 is 9.30 Å². The van der Waals surface area contributed by atoms with Gasteiger partial charge in [0.15, 0.2) is 0 Å². The number of aryl methyl sites for hydroxylation is 1. The number of benzene rings is 2. The van der Waals surface area contributed by atoms with Crippen LogP contribution in [0.5, 0.6) is 0 Å². The highest BCUT2D eigenvalue weighted by Crippen LogP contribution is 2.23. The lowest BCUT2D eigenvalue weighted by Crippen LogP contribution is -2.31. The van der Waals surface area contributed by atoms with Crippen molar-refractivity contribution in [3.63, 3.8) is 0 Å². The molecule has 1 aromatic heterocycles. The van der Waals surface area contributed by atoms with Crippen LogP contribution >= 0.6 is 0 Å². The van der Waals surface area contributed by atoms with E-state index in [0.29, 0.717) is 11.4 Å². The van der Waals surface area contributed by atoms with Crippen molar-refractivity contribution in [1.29, 1.82) is 0 Å². The number of rotatable bonds is 7. The summed E-state index contributed by atoms with van der Waals surface area (Å²) in [6.07, 6.45) is 3.38. The minimum Gasteiger partial charge on any atom is -0.462 e. The number of sulfonamides is 1. The van der Waals surface area contributed by atoms with Crippen LogP contribution in [0.1, 0.15) is 34.7 Å². The maximum absolute atomic E-state index is 13.0. The second-order valence-corrected chi connectivity index (χ2v) is 7.82. The third-order valence-corrected chi connectivity index (χ3v) is 5.64. The second kappa shape index (κ2) is 8.37. The first-order valence-corrected chi connectivity index (χ1v) is 10.2. The fraction of sp³-hybridized carbons (Fsp3) is 0.200. The summed E-state index contributed by atoms with van der Waals surface area (Å²) in [5.74, 6) is 0.0764. The number of aromatic nitrogens is 2. The van der Waals surface area contributed by atoms with Crippen molar-refractivity contribution in [2.75, 3.05) is 6.61 Å². The van der Waals surface area contributed by atoms with Gasteiger partial charge in [0.25, 0.3) is 0 Å². The van der Waals surface area contributed by atoms with Gasteiger partial charge in [0.05, 0.1) is 17.1 Å². The Bertz CT molecular complexity index is 1040. The first-order chi connectivity index (χ1) is 13.4. The Morgan fingerprint density at radius 2 is 1.82 bits per heavy atom. The van der Waals surface area contributed by atoms with Gasteiger partial charge in [-0.25, -0.2) is 18.2 Å². The maximum Gasteiger partial charge on any atom is 0.338 e. The highest BCUT2D eigenvalue weighted by Gasteiger charge is 2.25. The van der Waals surface area contributed by atoms with Crippen molar-refractivity contribution < 1.29 is 17.9 Å². The molecule has 1 atom stereocenters. The van der Waals surface area contributed by atoms with Gasteiger partial charge in [0.2, 0.25) is 10.0 Å². The molecule has 3 aromatic rings. The molecule has 0 amide bonds. The van der Waals surface area contributed by atoms with Gasteiger partial charge in [0.1, 0.15) is 11.9 Å². The molecule has 28 heavy (non-hydrogen) atoms. The fourth-order valence-electron chi connectivity index (χ4n) is 2.78. The molecule has 1 heterocycles. The molecule has 0 fully saturated rings. The standard InChI is InChI=1S/C20H21N3O4S/c1-3-27-20(24)16-9-11-17(12-10-16)28(25,26)22-18(15-7-5-4-6-8-15)19-21-13-14-23(19)2/h4-14,18,22H,3H2,1-2H3/t18-/m1/s1. The van der Waals surface area contributed by atoms with E-state index in [0.717, 1.165) is 5.56 Å². The minimum absolute atomic E-state index is 0.0516. The number of carbonyl (C=O) groups excluding carboxylic acids is 1. The molecule has 0 unspecified atom stereocenters. The van der Waals surface area contributed by atoms with Crippen LogP contribution in [-0.2, 0) is 21.8 Å². The van der Waals surface area contributed by atoms with Crippen molar-refractivity contribution in [3.05, 3.63) is 83.9 Å². The molecule has 2 aromatic carbocycles. The average molecular weight is 399 g/mol. The Hall–Kier alpha value is -2.97. The number of hydrogen-bond donors (Lipinski definition) is 1. The van der Waals surface area contributed by atoms with Gasteiger partial charge in [-0.1, -0.05) is 30.3 Å². The highest BCUT2D eigenvalue weighted by atomic mass is 32.2. The van der Waals surface area contributed by atoms with E-state index >= 15 is 0 Å². The van der Waals surface area contributed by atoms with E-state index in [9.17, 15) is 13.2 Å². The molecule has 7 nitrogen and oxygen atoms in total. The molecule has 0 saturated heterocycles. The lowest BCUT2D eigenvalue weighted by molar-refractivity contribution is 0.0526. The largest absolute Gasteiger partial charge is 0.462 e. The first kappa shape index (κ1) is 19.8. The van der Waals surface area contributed by atoms with Crippen molar-refractivity contribution in [2.24, 2.45) is 7.05 Å². The molecule has 0 bridgehead atoms. The smallest absolute Gasteiger partial charge is 0.338 e. The third kappa shape index (κ3) is 4.29. The second-order valence-electron chi connectivity index (χ2n) is 6.11. The van der Waals surface area contributed by atoms with Crippen LogP contribution < -0.4 is 4.72 Å². The summed E-state index contributed by atoms with van der Waals surface area (Å²) in [6.45, 7) is 1.96. The number of hydrogen-bond acceptors (Lipinski definition) is 5. The van der Waals surface area contributed by atoms with E-state index in [2.05, 4.69) is 9.71 Å². The molecule has 0 aliphatic rings. The normalized spacial score (nSPS) is 12.5. The van der Waals surface area contributed by atoms with Gasteiger partial charge in [-0.15, -0.1) is 0 Å². The summed E-state index contributed by atoms with van der Waals surface area (Å²) < 4.78 is 35.3. The monoisotopic (exact) mass is 399 g/mol. The van der Waals surface area contributed by atoms with Crippen LogP contribution in [0.15, 0.2) is 71.9 Å². The predicted octanol–water partition coefficient (Wildman–Crippen LogP) is 2.66. The van der Waals surface area contributed by atoms with E-state index in [4.69, 9.17) is 4.74 Å². The Labute approximate surface area is 164 Å². The Kier molecular flexibility index (Phi) is 5.91. The zero-order valence-corrected chi connectivity index (χ0v) is 16.4. The average Bonchev–Trinajstić information content (AvgIpc) is 3.13. The molecule has 0 spiro atoms. The predicted molar refractivity (Wildman–Crippen MR) is 104 cm³/mol. The van der Waals surface area contributed by atoms with Crippen LogP contribution in [0.4, 0.5) is 0 Å². The van der Waals surface area contributed by atoms with E-state index < -0.39 is 22.0 Å². The number of carbonyl (C=O) groups is 1. The van der Waals surface area contributed by atoms with Gasteiger partial charge in [-0.3, -0.25) is 0 Å². The van der Waals surface area contributed by atoms with Crippen LogP contribution in [-0.4, -0.2) is 30.5 Å². The molecule has 0 saturated carbocycles. The van der Waals surface area contributed by atoms with E-state index in [1.165, 1.54) is 24.3 Å². The van der Waals surface area contributed by atoms with Crippen molar-refractivity contribution >= 4 is 16.0 Å². The Balaban J connectivity index is 1.92. The lowest BCUT2D eigenvalue weighted by Gasteiger charge is -2.19. The number of ether oxygens (including phenoxy) is 1. The van der Waals surface area contributed by atoms with Crippen LogP contribution in [0.25, 0.3) is 0 Å². The fourth-order valence-corrected chi connectivity index (χ4v) is 3.96. The lowest BCUT2D eigenvalue weighted by atomic mass is 10.1. The summed E-state index contributed by atoms with van der Waals surface area (Å²) in [5, 5.41) is 0. The van der Waals surface area contributed by atoms with E-state index in [1.54, 1.807) is 30.9 Å². The van der Waals surface area contributed by atoms with Crippen molar-refractivity contribution in [2.45, 2.75) is 17.9 Å². The van der Waals surface area contributed by atoms with Crippen molar-refractivity contribution in [3.8, 4) is 0 Å². The zero-order valence-electron chi connectivity index (χ0n) is 15.6. The highest BCUT2D eigenvalue weighted by molar-refractivity contribution is 7.89. The summed E-state index contributed by atoms with van der Waals surface area (Å²) in [5.41, 5.74) is 1.06. The number of nitrogens with one attached hydrogen (secondary N) is 1. The minimum atomic E-state index is -3.86. The molecule has 146 valence electrons. The molecule has 0 aliphatic heterocycles. The Morgan fingerprint density at radius 1 is 1.14 bits per heavy atom. The maximum atomic E-state index is 13.0. The molecular weight excluding hydrogens is 378 g/mol. The summed E-state index contributed by atoms with van der Waals surface area (Å²) in [4.78, 5) is 16.1. The number of nitrogens with zero attached hydrogens (tertiary/aromatic N) is 2. The van der Waals surface area contributed by atoms with Crippen LogP contribution in [0.2, 0.25) is 0 Å². The van der Waals surface area contributed by atoms with Gasteiger partial charge in [-0.2, -0.15) is 4.72 Å².